The molecule has 0 radical (unpaired) electrons. The van der Waals surface area contributed by atoms with E-state index in [0.29, 0.717) is 10.8 Å². The Bertz CT molecular complexity index is 137. The minimum absolute atomic E-state index is 0.0312. The van der Waals surface area contributed by atoms with Crippen molar-refractivity contribution >= 4 is 0 Å². The van der Waals surface area contributed by atoms with Crippen molar-refractivity contribution in [2.75, 3.05) is 0 Å². The third-order valence-corrected chi connectivity index (χ3v) is 1.87. The Kier molecular flexibility index (Phi) is 3.59. The zero-order valence-electron chi connectivity index (χ0n) is 10.5. The summed E-state index contributed by atoms with van der Waals surface area (Å²) in [5.74, 6) is 0. The van der Waals surface area contributed by atoms with E-state index in [4.69, 9.17) is 5.73 Å². The quantitative estimate of drug-likeness (QED) is 0.699. The number of hydrogen-bond donors (Lipinski definition) is 1. The van der Waals surface area contributed by atoms with Gasteiger partial charge in [-0.2, -0.15) is 0 Å². The van der Waals surface area contributed by atoms with Gasteiger partial charge in [0.1, 0.15) is 0 Å². The fourth-order valence-electron chi connectivity index (χ4n) is 2.49. The molecule has 2 N–H and O–H groups in total. The molecule has 0 amide bonds. The third-order valence-electron chi connectivity index (χ3n) is 1.87. The van der Waals surface area contributed by atoms with Crippen LogP contribution in [0.2, 0.25) is 0 Å². The maximum atomic E-state index is 6.29. The van der Waals surface area contributed by atoms with E-state index in [9.17, 15) is 0 Å². The Morgan fingerprint density at radius 2 is 0.923 bits per heavy atom. The summed E-state index contributed by atoms with van der Waals surface area (Å²) in [6.45, 7) is 15.7. The molecule has 0 aromatic heterocycles. The first-order chi connectivity index (χ1) is 5.41. The largest absolute Gasteiger partial charge is 0.325 e. The van der Waals surface area contributed by atoms with Crippen LogP contribution in [-0.4, -0.2) is 5.54 Å². The van der Waals surface area contributed by atoms with Crippen LogP contribution in [0.5, 0.6) is 0 Å². The van der Waals surface area contributed by atoms with Gasteiger partial charge in [-0.1, -0.05) is 41.5 Å². The Labute approximate surface area is 84.1 Å². The average molecular weight is 185 g/mol. The first-order valence-electron chi connectivity index (χ1n) is 5.20. The second-order valence-electron chi connectivity index (χ2n) is 7.13. The van der Waals surface area contributed by atoms with Crippen LogP contribution in [-0.2, 0) is 0 Å². The molecule has 0 spiro atoms. The molecule has 0 aliphatic heterocycles. The Morgan fingerprint density at radius 1 is 0.692 bits per heavy atom. The zero-order valence-corrected chi connectivity index (χ0v) is 10.5. The second-order valence-corrected chi connectivity index (χ2v) is 7.13. The standard InChI is InChI=1S/C12H27N/c1-10(2,3)8-12(7,13)9-11(4,5)6/h8-9,13H2,1-7H3. The predicted molar refractivity (Wildman–Crippen MR) is 60.7 cm³/mol. The Balaban J connectivity index is 4.25. The molecule has 1 heteroatoms. The Morgan fingerprint density at radius 3 is 1.08 bits per heavy atom. The molecule has 0 aliphatic carbocycles. The van der Waals surface area contributed by atoms with Crippen molar-refractivity contribution in [3.8, 4) is 0 Å². The van der Waals surface area contributed by atoms with Gasteiger partial charge in [0.25, 0.3) is 0 Å². The van der Waals surface area contributed by atoms with E-state index in [0.717, 1.165) is 12.8 Å². The van der Waals surface area contributed by atoms with E-state index in [2.05, 4.69) is 48.5 Å². The lowest BCUT2D eigenvalue weighted by Crippen LogP contribution is -2.43. The van der Waals surface area contributed by atoms with Crippen LogP contribution < -0.4 is 5.73 Å². The smallest absolute Gasteiger partial charge is 0.0135 e. The molecule has 80 valence electrons. The Hall–Kier alpha value is -0.0400. The molecular formula is C12H27N. The first-order valence-corrected chi connectivity index (χ1v) is 5.20. The van der Waals surface area contributed by atoms with Gasteiger partial charge in [-0.25, -0.2) is 0 Å². The molecule has 0 aliphatic rings. The van der Waals surface area contributed by atoms with Crippen molar-refractivity contribution in [2.24, 2.45) is 16.6 Å². The van der Waals surface area contributed by atoms with Gasteiger partial charge < -0.3 is 5.73 Å². The molecular weight excluding hydrogens is 158 g/mol. The molecule has 0 fully saturated rings. The van der Waals surface area contributed by atoms with E-state index in [1.54, 1.807) is 0 Å². The highest BCUT2D eigenvalue weighted by Crippen LogP contribution is 2.33. The normalized spacial score (nSPS) is 14.8. The highest BCUT2D eigenvalue weighted by atomic mass is 14.7. The first kappa shape index (κ1) is 13.0. The van der Waals surface area contributed by atoms with Gasteiger partial charge in [-0.3, -0.25) is 0 Å². The molecule has 0 saturated carbocycles. The number of rotatable bonds is 2. The third kappa shape index (κ3) is 8.29. The summed E-state index contributed by atoms with van der Waals surface area (Å²) in [4.78, 5) is 0. The average Bonchev–Trinajstić information content (AvgIpc) is 1.43. The number of hydrogen-bond acceptors (Lipinski definition) is 1. The minimum Gasteiger partial charge on any atom is -0.325 e. The maximum absolute atomic E-state index is 6.29. The van der Waals surface area contributed by atoms with Gasteiger partial charge in [-0.05, 0) is 30.6 Å². The lowest BCUT2D eigenvalue weighted by molar-refractivity contribution is 0.199. The van der Waals surface area contributed by atoms with Crippen LogP contribution in [0.25, 0.3) is 0 Å². The van der Waals surface area contributed by atoms with Crippen LogP contribution in [0, 0.1) is 10.8 Å². The van der Waals surface area contributed by atoms with Crippen LogP contribution in [0.1, 0.15) is 61.3 Å². The molecule has 0 saturated heterocycles. The maximum Gasteiger partial charge on any atom is 0.0135 e. The van der Waals surface area contributed by atoms with E-state index in [1.165, 1.54) is 0 Å². The van der Waals surface area contributed by atoms with Gasteiger partial charge in [0.15, 0.2) is 0 Å². The van der Waals surface area contributed by atoms with Gasteiger partial charge >= 0.3 is 0 Å². The molecule has 0 unspecified atom stereocenters. The van der Waals surface area contributed by atoms with Crippen molar-refractivity contribution in [2.45, 2.75) is 66.8 Å². The fourth-order valence-corrected chi connectivity index (χ4v) is 2.49. The molecule has 0 aromatic carbocycles. The van der Waals surface area contributed by atoms with Gasteiger partial charge in [0.05, 0.1) is 0 Å². The van der Waals surface area contributed by atoms with Crippen LogP contribution >= 0.6 is 0 Å². The molecule has 0 atom stereocenters. The van der Waals surface area contributed by atoms with Gasteiger partial charge in [0.2, 0.25) is 0 Å². The van der Waals surface area contributed by atoms with Crippen molar-refractivity contribution in [3.63, 3.8) is 0 Å². The van der Waals surface area contributed by atoms with Crippen molar-refractivity contribution < 1.29 is 0 Å². The van der Waals surface area contributed by atoms with Gasteiger partial charge in [0, 0.05) is 5.54 Å². The molecule has 1 nitrogen and oxygen atoms in total. The van der Waals surface area contributed by atoms with Crippen LogP contribution in [0.3, 0.4) is 0 Å². The van der Waals surface area contributed by atoms with Crippen molar-refractivity contribution in [3.05, 3.63) is 0 Å². The molecule has 0 bridgehead atoms. The molecule has 0 rings (SSSR count). The van der Waals surface area contributed by atoms with Crippen LogP contribution in [0.15, 0.2) is 0 Å². The SMILES string of the molecule is CC(C)(C)CC(C)(N)CC(C)(C)C. The van der Waals surface area contributed by atoms with Crippen molar-refractivity contribution in [1.29, 1.82) is 0 Å². The predicted octanol–water partition coefficient (Wildman–Crippen LogP) is 3.58. The molecule has 13 heavy (non-hydrogen) atoms. The topological polar surface area (TPSA) is 26.0 Å². The van der Waals surface area contributed by atoms with E-state index < -0.39 is 0 Å². The summed E-state index contributed by atoms with van der Waals surface area (Å²) in [5, 5.41) is 0. The van der Waals surface area contributed by atoms with Crippen molar-refractivity contribution in [1.82, 2.24) is 0 Å². The summed E-state index contributed by atoms with van der Waals surface area (Å²) >= 11 is 0. The van der Waals surface area contributed by atoms with E-state index in [-0.39, 0.29) is 5.54 Å². The zero-order chi connectivity index (χ0) is 10.9. The highest BCUT2D eigenvalue weighted by molar-refractivity contribution is 4.87. The van der Waals surface area contributed by atoms with E-state index in [1.807, 2.05) is 0 Å². The number of nitrogens with two attached hydrogens (primary N) is 1. The summed E-state index contributed by atoms with van der Waals surface area (Å²) in [6.07, 6.45) is 2.16. The molecule has 0 aromatic rings. The van der Waals surface area contributed by atoms with Crippen LogP contribution in [0.4, 0.5) is 0 Å². The summed E-state index contributed by atoms with van der Waals surface area (Å²) in [5.41, 5.74) is 6.91. The fraction of sp³-hybridized carbons (Fsp3) is 1.00. The lowest BCUT2D eigenvalue weighted by Gasteiger charge is -2.37. The summed E-state index contributed by atoms with van der Waals surface area (Å²) in [7, 11) is 0. The molecule has 0 heterocycles. The van der Waals surface area contributed by atoms with E-state index >= 15 is 0 Å². The summed E-state index contributed by atoms with van der Waals surface area (Å²) < 4.78 is 0. The van der Waals surface area contributed by atoms with Gasteiger partial charge in [-0.15, -0.1) is 0 Å². The highest BCUT2D eigenvalue weighted by Gasteiger charge is 2.30. The summed E-state index contributed by atoms with van der Waals surface area (Å²) in [6, 6.07) is 0. The second kappa shape index (κ2) is 3.61. The lowest BCUT2D eigenvalue weighted by atomic mass is 9.73. The monoisotopic (exact) mass is 185 g/mol. The minimum atomic E-state index is -0.0312.